The van der Waals surface area contributed by atoms with Crippen LogP contribution in [0.5, 0.6) is 0 Å². The van der Waals surface area contributed by atoms with E-state index in [1.165, 1.54) is 10.7 Å². The first kappa shape index (κ1) is 10.5. The molecule has 2 heterocycles. The van der Waals surface area contributed by atoms with Crippen molar-refractivity contribution in [2.75, 3.05) is 0 Å². The summed E-state index contributed by atoms with van der Waals surface area (Å²) in [6.07, 6.45) is 4.93. The van der Waals surface area contributed by atoms with Crippen LogP contribution >= 0.6 is 0 Å². The molecule has 0 aromatic carbocycles. The molecule has 0 saturated carbocycles. The van der Waals surface area contributed by atoms with Crippen molar-refractivity contribution in [2.24, 2.45) is 0 Å². The minimum Gasteiger partial charge on any atom is -0.390 e. The number of hydrogen-bond donors (Lipinski definition) is 1. The summed E-state index contributed by atoms with van der Waals surface area (Å²) in [5.41, 5.74) is 1.63. The molecule has 0 bridgehead atoms. The Bertz CT molecular complexity index is 563. The average Bonchev–Trinajstić information content (AvgIpc) is 2.29. The summed E-state index contributed by atoms with van der Waals surface area (Å²) in [6, 6.07) is 3.27. The van der Waals surface area contributed by atoms with E-state index in [4.69, 9.17) is 5.11 Å². The van der Waals surface area contributed by atoms with E-state index in [-0.39, 0.29) is 17.7 Å². The third kappa shape index (κ3) is 1.99. The van der Waals surface area contributed by atoms with Crippen molar-refractivity contribution in [2.45, 2.75) is 13.5 Å². The van der Waals surface area contributed by atoms with E-state index in [1.54, 1.807) is 18.6 Å². The van der Waals surface area contributed by atoms with Crippen molar-refractivity contribution in [3.63, 3.8) is 0 Å². The first-order valence-electron chi connectivity index (χ1n) is 4.82. The molecule has 2 aromatic rings. The topological polar surface area (TPSA) is 68.0 Å². The van der Waals surface area contributed by atoms with Crippen LogP contribution in [0.2, 0.25) is 0 Å². The van der Waals surface area contributed by atoms with Crippen LogP contribution in [-0.2, 0) is 6.61 Å². The summed E-state index contributed by atoms with van der Waals surface area (Å²) in [7, 11) is 0. The standard InChI is InChI=1S/C11H11N3O2/c1-8-4-9(6-12-5-8)14-3-2-11(16)10(7-15)13-14/h2-6,15H,7H2,1H3. The van der Waals surface area contributed by atoms with Gasteiger partial charge in [0.1, 0.15) is 5.69 Å². The van der Waals surface area contributed by atoms with Gasteiger partial charge in [0.2, 0.25) is 5.43 Å². The minimum absolute atomic E-state index is 0.129. The smallest absolute Gasteiger partial charge is 0.205 e. The van der Waals surface area contributed by atoms with Crippen LogP contribution in [0.15, 0.2) is 35.5 Å². The van der Waals surface area contributed by atoms with Crippen LogP contribution in [0.25, 0.3) is 5.69 Å². The predicted octanol–water partition coefficient (Wildman–Crippen LogP) is 0.428. The van der Waals surface area contributed by atoms with E-state index >= 15 is 0 Å². The van der Waals surface area contributed by atoms with E-state index < -0.39 is 0 Å². The Labute approximate surface area is 92.0 Å². The highest BCUT2D eigenvalue weighted by Gasteiger charge is 2.02. The quantitative estimate of drug-likeness (QED) is 0.792. The molecule has 5 heteroatoms. The molecule has 0 saturated heterocycles. The number of aromatic nitrogens is 3. The molecule has 0 fully saturated rings. The van der Waals surface area contributed by atoms with Crippen molar-refractivity contribution in [1.29, 1.82) is 0 Å². The Morgan fingerprint density at radius 3 is 2.94 bits per heavy atom. The Hall–Kier alpha value is -2.01. The van der Waals surface area contributed by atoms with Gasteiger partial charge in [-0.2, -0.15) is 5.10 Å². The van der Waals surface area contributed by atoms with Crippen LogP contribution in [0.1, 0.15) is 11.3 Å². The summed E-state index contributed by atoms with van der Waals surface area (Å²) in [5.74, 6) is 0. The molecule has 16 heavy (non-hydrogen) atoms. The second-order valence-corrected chi connectivity index (χ2v) is 3.45. The molecule has 82 valence electrons. The first-order valence-corrected chi connectivity index (χ1v) is 4.82. The molecule has 0 spiro atoms. The van der Waals surface area contributed by atoms with E-state index in [0.29, 0.717) is 0 Å². The highest BCUT2D eigenvalue weighted by molar-refractivity contribution is 5.30. The van der Waals surface area contributed by atoms with Crippen LogP contribution < -0.4 is 5.43 Å². The minimum atomic E-state index is -0.362. The van der Waals surface area contributed by atoms with Gasteiger partial charge in [-0.15, -0.1) is 0 Å². The maximum absolute atomic E-state index is 11.2. The maximum Gasteiger partial charge on any atom is 0.205 e. The van der Waals surface area contributed by atoms with Gasteiger partial charge in [-0.25, -0.2) is 4.68 Å². The summed E-state index contributed by atoms with van der Waals surface area (Å²) in [5, 5.41) is 13.0. The van der Waals surface area contributed by atoms with Crippen LogP contribution in [0.4, 0.5) is 0 Å². The summed E-state index contributed by atoms with van der Waals surface area (Å²) in [6.45, 7) is 1.56. The fourth-order valence-corrected chi connectivity index (χ4v) is 1.36. The van der Waals surface area contributed by atoms with Gasteiger partial charge < -0.3 is 5.11 Å². The van der Waals surface area contributed by atoms with Gasteiger partial charge in [0.25, 0.3) is 0 Å². The van der Waals surface area contributed by atoms with Crippen LogP contribution in [-0.4, -0.2) is 19.9 Å². The van der Waals surface area contributed by atoms with Crippen LogP contribution in [0.3, 0.4) is 0 Å². The molecule has 2 rings (SSSR count). The number of aryl methyl sites for hydroxylation is 1. The fraction of sp³-hybridized carbons (Fsp3) is 0.182. The van der Waals surface area contributed by atoms with Gasteiger partial charge >= 0.3 is 0 Å². The molecular formula is C11H11N3O2. The van der Waals surface area contributed by atoms with Crippen molar-refractivity contribution in [1.82, 2.24) is 14.8 Å². The van der Waals surface area contributed by atoms with Gasteiger partial charge in [-0.05, 0) is 18.6 Å². The molecule has 0 aliphatic carbocycles. The van der Waals surface area contributed by atoms with E-state index in [2.05, 4.69) is 10.1 Å². The van der Waals surface area contributed by atoms with Gasteiger partial charge in [-0.3, -0.25) is 9.78 Å². The van der Waals surface area contributed by atoms with E-state index in [0.717, 1.165) is 11.3 Å². The summed E-state index contributed by atoms with van der Waals surface area (Å²) in [4.78, 5) is 15.3. The molecule has 0 unspecified atom stereocenters. The highest BCUT2D eigenvalue weighted by atomic mass is 16.3. The predicted molar refractivity (Wildman–Crippen MR) is 58.3 cm³/mol. The van der Waals surface area contributed by atoms with E-state index in [1.807, 2.05) is 13.0 Å². The number of aliphatic hydroxyl groups is 1. The van der Waals surface area contributed by atoms with E-state index in [9.17, 15) is 4.79 Å². The monoisotopic (exact) mass is 217 g/mol. The Morgan fingerprint density at radius 1 is 1.44 bits per heavy atom. The zero-order valence-electron chi connectivity index (χ0n) is 8.79. The second-order valence-electron chi connectivity index (χ2n) is 3.45. The number of pyridine rings is 1. The molecule has 0 amide bonds. The van der Waals surface area contributed by atoms with Gasteiger partial charge in [0.15, 0.2) is 0 Å². The molecule has 0 aliphatic heterocycles. The Kier molecular flexibility index (Phi) is 2.78. The van der Waals surface area contributed by atoms with Gasteiger partial charge in [0.05, 0.1) is 18.5 Å². The molecule has 0 atom stereocenters. The fourth-order valence-electron chi connectivity index (χ4n) is 1.36. The third-order valence-corrected chi connectivity index (χ3v) is 2.15. The highest BCUT2D eigenvalue weighted by Crippen LogP contribution is 2.05. The molecule has 0 aliphatic rings. The van der Waals surface area contributed by atoms with Crippen LogP contribution in [0, 0.1) is 6.92 Å². The Balaban J connectivity index is 2.52. The zero-order chi connectivity index (χ0) is 11.5. The molecule has 0 radical (unpaired) electrons. The number of hydrogen-bond acceptors (Lipinski definition) is 4. The third-order valence-electron chi connectivity index (χ3n) is 2.15. The number of rotatable bonds is 2. The van der Waals surface area contributed by atoms with Gasteiger partial charge in [-0.1, -0.05) is 0 Å². The zero-order valence-corrected chi connectivity index (χ0v) is 8.79. The first-order chi connectivity index (χ1) is 7.70. The summed E-state index contributed by atoms with van der Waals surface area (Å²) < 4.78 is 1.52. The lowest BCUT2D eigenvalue weighted by molar-refractivity contribution is 0.273. The lowest BCUT2D eigenvalue weighted by atomic mass is 10.3. The van der Waals surface area contributed by atoms with Crippen molar-refractivity contribution in [3.8, 4) is 5.69 Å². The lowest BCUT2D eigenvalue weighted by Gasteiger charge is -2.06. The maximum atomic E-state index is 11.2. The average molecular weight is 217 g/mol. The van der Waals surface area contributed by atoms with Gasteiger partial charge in [0, 0.05) is 18.5 Å². The Morgan fingerprint density at radius 2 is 2.25 bits per heavy atom. The molecule has 5 nitrogen and oxygen atoms in total. The van der Waals surface area contributed by atoms with Crippen molar-refractivity contribution in [3.05, 3.63) is 52.2 Å². The SMILES string of the molecule is Cc1cncc(-n2ccc(=O)c(CO)n2)c1. The number of nitrogens with zero attached hydrogens (tertiary/aromatic N) is 3. The second kappa shape index (κ2) is 4.24. The lowest BCUT2D eigenvalue weighted by Crippen LogP contribution is -2.15. The largest absolute Gasteiger partial charge is 0.390 e. The normalized spacial score (nSPS) is 10.4. The molecular weight excluding hydrogens is 206 g/mol. The van der Waals surface area contributed by atoms with Crippen molar-refractivity contribution < 1.29 is 5.11 Å². The number of aliphatic hydroxyl groups excluding tert-OH is 1. The summed E-state index contributed by atoms with van der Waals surface area (Å²) >= 11 is 0. The molecule has 2 aromatic heterocycles. The van der Waals surface area contributed by atoms with Crippen molar-refractivity contribution >= 4 is 0 Å². The molecule has 1 N–H and O–H groups in total.